The second-order valence-electron chi connectivity index (χ2n) is 4.01. The van der Waals surface area contributed by atoms with Crippen molar-refractivity contribution in [1.82, 2.24) is 14.0 Å². The number of hydrogen-bond donors (Lipinski definition) is 0. The lowest BCUT2D eigenvalue weighted by Gasteiger charge is -2.11. The second kappa shape index (κ2) is 3.33. The van der Waals surface area contributed by atoms with E-state index in [-0.39, 0.29) is 17.2 Å². The van der Waals surface area contributed by atoms with E-state index in [1.54, 1.807) is 11.9 Å². The first-order chi connectivity index (χ1) is 7.43. The summed E-state index contributed by atoms with van der Waals surface area (Å²) in [4.78, 5) is 36.2. The highest BCUT2D eigenvalue weighted by atomic mass is 16.2. The number of hydrogen-bond acceptors (Lipinski definition) is 3. The first-order valence-corrected chi connectivity index (χ1v) is 4.96. The van der Waals surface area contributed by atoms with Gasteiger partial charge in [0.2, 0.25) is 5.91 Å². The van der Waals surface area contributed by atoms with E-state index in [4.69, 9.17) is 0 Å². The van der Waals surface area contributed by atoms with Gasteiger partial charge in [0.15, 0.2) is 0 Å². The van der Waals surface area contributed by atoms with Crippen LogP contribution in [0, 0.1) is 0 Å². The van der Waals surface area contributed by atoms with E-state index in [9.17, 15) is 14.4 Å². The van der Waals surface area contributed by atoms with Crippen LogP contribution in [0.25, 0.3) is 0 Å². The van der Waals surface area contributed by atoms with Crippen LogP contribution in [0.1, 0.15) is 18.2 Å². The van der Waals surface area contributed by atoms with Crippen LogP contribution in [0.5, 0.6) is 0 Å². The monoisotopic (exact) mass is 223 g/mol. The summed E-state index contributed by atoms with van der Waals surface area (Å²) in [6.45, 7) is 2.09. The molecule has 2 heterocycles. The van der Waals surface area contributed by atoms with E-state index in [2.05, 4.69) is 0 Å². The number of fused-ring (bicyclic) bond motifs is 1. The maximum atomic E-state index is 11.8. The Labute approximate surface area is 91.7 Å². The fourth-order valence-corrected chi connectivity index (χ4v) is 1.97. The quantitative estimate of drug-likeness (QED) is 0.563. The van der Waals surface area contributed by atoms with Crippen molar-refractivity contribution in [3.05, 3.63) is 32.1 Å². The van der Waals surface area contributed by atoms with Gasteiger partial charge >= 0.3 is 5.69 Å². The summed E-state index contributed by atoms with van der Waals surface area (Å²) in [5, 5.41) is 0. The van der Waals surface area contributed by atoms with Gasteiger partial charge in [-0.1, -0.05) is 0 Å². The van der Waals surface area contributed by atoms with Gasteiger partial charge in [-0.05, 0) is 0 Å². The molecule has 0 N–H and O–H groups in total. The molecule has 86 valence electrons. The van der Waals surface area contributed by atoms with Crippen LogP contribution in [-0.2, 0) is 32.0 Å². The molecule has 1 aliphatic rings. The highest BCUT2D eigenvalue weighted by Gasteiger charge is 2.27. The number of rotatable bonds is 0. The molecule has 1 amide bonds. The maximum absolute atomic E-state index is 11.8. The van der Waals surface area contributed by atoms with E-state index in [0.717, 1.165) is 4.57 Å². The summed E-state index contributed by atoms with van der Waals surface area (Å²) in [5.74, 6) is -0.0919. The van der Waals surface area contributed by atoms with Gasteiger partial charge in [0, 0.05) is 21.0 Å². The van der Waals surface area contributed by atoms with Gasteiger partial charge < -0.3 is 4.90 Å². The normalized spacial score (nSPS) is 14.1. The molecule has 0 atom stereocenters. The number of nitrogens with zero attached hydrogens (tertiary/aromatic N) is 3. The predicted molar refractivity (Wildman–Crippen MR) is 56.9 cm³/mol. The minimum absolute atomic E-state index is 0.0919. The Morgan fingerprint density at radius 2 is 1.75 bits per heavy atom. The largest absolute Gasteiger partial charge is 0.332 e. The van der Waals surface area contributed by atoms with Crippen molar-refractivity contribution in [2.75, 3.05) is 0 Å². The van der Waals surface area contributed by atoms with Gasteiger partial charge in [-0.25, -0.2) is 4.79 Å². The highest BCUT2D eigenvalue weighted by molar-refractivity contribution is 5.73. The molecule has 0 radical (unpaired) electrons. The molecular weight excluding hydrogens is 210 g/mol. The van der Waals surface area contributed by atoms with Crippen LogP contribution < -0.4 is 11.2 Å². The third-order valence-corrected chi connectivity index (χ3v) is 3.02. The van der Waals surface area contributed by atoms with Crippen molar-refractivity contribution in [1.29, 1.82) is 0 Å². The predicted octanol–water partition coefficient (Wildman–Crippen LogP) is -1.05. The molecule has 0 bridgehead atoms. The molecule has 16 heavy (non-hydrogen) atoms. The second-order valence-corrected chi connectivity index (χ2v) is 4.01. The van der Waals surface area contributed by atoms with Crippen molar-refractivity contribution < 1.29 is 4.79 Å². The van der Waals surface area contributed by atoms with E-state index in [1.807, 2.05) is 0 Å². The summed E-state index contributed by atoms with van der Waals surface area (Å²) in [6, 6.07) is 0. The fraction of sp³-hybridized carbons (Fsp3) is 0.500. The summed E-state index contributed by atoms with van der Waals surface area (Å²) < 4.78 is 2.50. The van der Waals surface area contributed by atoms with Gasteiger partial charge in [0.25, 0.3) is 5.56 Å². The molecule has 0 saturated heterocycles. The molecule has 1 aromatic heterocycles. The van der Waals surface area contributed by atoms with Crippen LogP contribution in [0.3, 0.4) is 0 Å². The summed E-state index contributed by atoms with van der Waals surface area (Å²) in [6.07, 6.45) is 0. The van der Waals surface area contributed by atoms with Crippen LogP contribution in [0.15, 0.2) is 9.59 Å². The average Bonchev–Trinajstić information content (AvgIpc) is 2.68. The standard InChI is InChI=1S/C10H13N3O3/c1-6(14)13-4-7-8(5-13)11(2)10(16)12(3)9(7)15/h4-5H2,1-3H3. The van der Waals surface area contributed by atoms with E-state index in [0.29, 0.717) is 24.3 Å². The van der Waals surface area contributed by atoms with Crippen LogP contribution in [-0.4, -0.2) is 19.9 Å². The zero-order chi connectivity index (χ0) is 12.0. The molecule has 1 aromatic rings. The Kier molecular flexibility index (Phi) is 2.22. The van der Waals surface area contributed by atoms with Gasteiger partial charge in [0.1, 0.15) is 0 Å². The van der Waals surface area contributed by atoms with Gasteiger partial charge in [-0.15, -0.1) is 0 Å². The third-order valence-electron chi connectivity index (χ3n) is 3.02. The van der Waals surface area contributed by atoms with Gasteiger partial charge in [-0.2, -0.15) is 0 Å². The summed E-state index contributed by atoms with van der Waals surface area (Å²) in [5.41, 5.74) is 0.527. The van der Waals surface area contributed by atoms with E-state index >= 15 is 0 Å². The summed E-state index contributed by atoms with van der Waals surface area (Å²) >= 11 is 0. The Morgan fingerprint density at radius 3 is 2.31 bits per heavy atom. The third kappa shape index (κ3) is 1.30. The molecule has 0 aromatic carbocycles. The fourth-order valence-electron chi connectivity index (χ4n) is 1.97. The topological polar surface area (TPSA) is 64.3 Å². The molecule has 2 rings (SSSR count). The maximum Gasteiger partial charge on any atom is 0.330 e. The van der Waals surface area contributed by atoms with E-state index in [1.165, 1.54) is 18.5 Å². The van der Waals surface area contributed by atoms with Crippen molar-refractivity contribution in [2.45, 2.75) is 20.0 Å². The molecule has 1 aliphatic heterocycles. The molecule has 0 unspecified atom stereocenters. The smallest absolute Gasteiger partial charge is 0.330 e. The molecule has 0 fully saturated rings. The molecule has 0 aliphatic carbocycles. The lowest BCUT2D eigenvalue weighted by Crippen LogP contribution is -2.39. The Bertz CT molecular complexity index is 582. The van der Waals surface area contributed by atoms with Crippen molar-refractivity contribution in [3.63, 3.8) is 0 Å². The van der Waals surface area contributed by atoms with Crippen molar-refractivity contribution in [2.24, 2.45) is 14.1 Å². The molecule has 6 nitrogen and oxygen atoms in total. The van der Waals surface area contributed by atoms with Gasteiger partial charge in [0.05, 0.1) is 24.3 Å². The molecule has 0 spiro atoms. The molecule has 0 saturated carbocycles. The SMILES string of the molecule is CC(=O)N1Cc2c(n(C)c(=O)n(C)c2=O)C1. The Hall–Kier alpha value is -1.85. The number of amides is 1. The average molecular weight is 223 g/mol. The highest BCUT2D eigenvalue weighted by Crippen LogP contribution is 2.17. The van der Waals surface area contributed by atoms with Crippen molar-refractivity contribution in [3.8, 4) is 0 Å². The van der Waals surface area contributed by atoms with Crippen LogP contribution in [0.4, 0.5) is 0 Å². The van der Waals surface area contributed by atoms with Gasteiger partial charge in [-0.3, -0.25) is 18.7 Å². The summed E-state index contributed by atoms with van der Waals surface area (Å²) in [7, 11) is 3.06. The first kappa shape index (κ1) is 10.7. The van der Waals surface area contributed by atoms with Crippen LogP contribution in [0.2, 0.25) is 0 Å². The number of carbonyl (C=O) groups is 1. The Morgan fingerprint density at radius 1 is 1.12 bits per heavy atom. The lowest BCUT2D eigenvalue weighted by atomic mass is 10.2. The number of aromatic nitrogens is 2. The lowest BCUT2D eigenvalue weighted by molar-refractivity contribution is -0.129. The molecule has 6 heteroatoms. The zero-order valence-corrected chi connectivity index (χ0v) is 9.48. The minimum atomic E-state index is -0.353. The zero-order valence-electron chi connectivity index (χ0n) is 9.48. The Balaban J connectivity index is 2.67. The van der Waals surface area contributed by atoms with Crippen LogP contribution >= 0.6 is 0 Å². The molecular formula is C10H13N3O3. The first-order valence-electron chi connectivity index (χ1n) is 4.96. The van der Waals surface area contributed by atoms with Crippen molar-refractivity contribution >= 4 is 5.91 Å². The minimum Gasteiger partial charge on any atom is -0.332 e. The number of carbonyl (C=O) groups excluding carboxylic acids is 1. The van der Waals surface area contributed by atoms with E-state index < -0.39 is 0 Å².